The molecule has 4 nitrogen and oxygen atoms in total. The number of oxazole rings is 1. The highest BCUT2D eigenvalue weighted by molar-refractivity contribution is 5.79. The fraction of sp³-hybridized carbons (Fsp3) is 0.120. The molecule has 29 heavy (non-hydrogen) atoms. The van der Waals surface area contributed by atoms with Gasteiger partial charge in [-0.2, -0.15) is 0 Å². The van der Waals surface area contributed by atoms with Gasteiger partial charge in [0.2, 0.25) is 0 Å². The third-order valence-corrected chi connectivity index (χ3v) is 5.23. The maximum absolute atomic E-state index is 5.72. The first-order valence-corrected chi connectivity index (χ1v) is 9.68. The van der Waals surface area contributed by atoms with E-state index in [0.717, 1.165) is 28.2 Å². The number of aromatic nitrogens is 3. The molecule has 0 aliphatic heterocycles. The first-order valence-electron chi connectivity index (χ1n) is 9.68. The summed E-state index contributed by atoms with van der Waals surface area (Å²) in [7, 11) is 0. The molecule has 0 N–H and O–H groups in total. The predicted octanol–water partition coefficient (Wildman–Crippen LogP) is 6.27. The Morgan fingerprint density at radius 1 is 0.793 bits per heavy atom. The van der Waals surface area contributed by atoms with E-state index in [1.165, 1.54) is 22.3 Å². The van der Waals surface area contributed by atoms with Gasteiger partial charge in [-0.15, -0.1) is 0 Å². The van der Waals surface area contributed by atoms with Crippen molar-refractivity contribution in [1.82, 2.24) is 14.5 Å². The summed E-state index contributed by atoms with van der Waals surface area (Å²) in [5.41, 5.74) is 8.67. The standard InChI is InChI=1S/C25H21N3O/c1-16-13-21(19-7-5-4-6-8-19)14-17(2)24(16)28-12-11-26-25(28)20-9-10-22-23(15-20)29-18(3)27-22/h4-15H,1-3H3. The molecule has 5 aromatic rings. The first kappa shape index (κ1) is 17.4. The molecule has 0 aliphatic carbocycles. The van der Waals surface area contributed by atoms with Crippen LogP contribution in [0.2, 0.25) is 0 Å². The Bertz CT molecular complexity index is 1310. The van der Waals surface area contributed by atoms with Crippen molar-refractivity contribution in [2.75, 3.05) is 0 Å². The van der Waals surface area contributed by atoms with E-state index in [9.17, 15) is 0 Å². The van der Waals surface area contributed by atoms with Gasteiger partial charge in [-0.25, -0.2) is 9.97 Å². The van der Waals surface area contributed by atoms with E-state index in [4.69, 9.17) is 4.42 Å². The summed E-state index contributed by atoms with van der Waals surface area (Å²) in [6.07, 6.45) is 3.86. The van der Waals surface area contributed by atoms with Gasteiger partial charge in [0, 0.05) is 24.9 Å². The number of benzene rings is 3. The van der Waals surface area contributed by atoms with Crippen LogP contribution in [0.15, 0.2) is 77.5 Å². The molecule has 0 amide bonds. The molecule has 0 atom stereocenters. The summed E-state index contributed by atoms with van der Waals surface area (Å²) in [5, 5.41) is 0. The SMILES string of the molecule is Cc1nc2ccc(-c3nccn3-c3c(C)cc(-c4ccccc4)cc3C)cc2o1. The van der Waals surface area contributed by atoms with Crippen LogP contribution in [0.4, 0.5) is 0 Å². The van der Waals surface area contributed by atoms with Crippen molar-refractivity contribution < 1.29 is 4.42 Å². The Labute approximate surface area is 169 Å². The first-order chi connectivity index (χ1) is 14.1. The molecule has 2 aromatic heterocycles. The summed E-state index contributed by atoms with van der Waals surface area (Å²) in [6, 6.07) is 21.0. The van der Waals surface area contributed by atoms with Gasteiger partial charge in [-0.3, -0.25) is 4.57 Å². The lowest BCUT2D eigenvalue weighted by Gasteiger charge is -2.16. The van der Waals surface area contributed by atoms with Gasteiger partial charge in [0.1, 0.15) is 11.3 Å². The molecule has 0 spiro atoms. The van der Waals surface area contributed by atoms with E-state index in [1.54, 1.807) is 0 Å². The molecule has 4 heteroatoms. The number of imidazole rings is 1. The van der Waals surface area contributed by atoms with Gasteiger partial charge in [0.25, 0.3) is 0 Å². The number of hydrogen-bond acceptors (Lipinski definition) is 3. The van der Waals surface area contributed by atoms with Crippen molar-refractivity contribution in [3.8, 4) is 28.2 Å². The number of nitrogens with zero attached hydrogens (tertiary/aromatic N) is 3. The lowest BCUT2D eigenvalue weighted by molar-refractivity contribution is 0.561. The molecule has 0 saturated heterocycles. The van der Waals surface area contributed by atoms with Crippen LogP contribution in [0.3, 0.4) is 0 Å². The molecule has 0 aliphatic rings. The molecule has 2 heterocycles. The number of fused-ring (bicyclic) bond motifs is 1. The van der Waals surface area contributed by atoms with Crippen molar-refractivity contribution in [1.29, 1.82) is 0 Å². The van der Waals surface area contributed by atoms with Crippen LogP contribution in [-0.4, -0.2) is 14.5 Å². The Morgan fingerprint density at radius 2 is 1.55 bits per heavy atom. The largest absolute Gasteiger partial charge is 0.441 e. The smallest absolute Gasteiger partial charge is 0.192 e. The van der Waals surface area contributed by atoms with Crippen molar-refractivity contribution >= 4 is 11.1 Å². The fourth-order valence-electron chi connectivity index (χ4n) is 4.01. The van der Waals surface area contributed by atoms with Crippen molar-refractivity contribution in [3.05, 3.63) is 90.1 Å². The van der Waals surface area contributed by atoms with Crippen molar-refractivity contribution in [2.24, 2.45) is 0 Å². The van der Waals surface area contributed by atoms with E-state index in [-0.39, 0.29) is 0 Å². The summed E-state index contributed by atoms with van der Waals surface area (Å²) < 4.78 is 7.87. The lowest BCUT2D eigenvalue weighted by Crippen LogP contribution is -2.02. The third-order valence-electron chi connectivity index (χ3n) is 5.23. The predicted molar refractivity (Wildman–Crippen MR) is 116 cm³/mol. The van der Waals surface area contributed by atoms with Crippen molar-refractivity contribution in [3.63, 3.8) is 0 Å². The second kappa shape index (κ2) is 6.74. The van der Waals surface area contributed by atoms with Crippen LogP contribution in [0.25, 0.3) is 39.3 Å². The van der Waals surface area contributed by atoms with Gasteiger partial charge < -0.3 is 4.42 Å². The summed E-state index contributed by atoms with van der Waals surface area (Å²) in [4.78, 5) is 9.03. The molecule has 0 fully saturated rings. The highest BCUT2D eigenvalue weighted by atomic mass is 16.3. The van der Waals surface area contributed by atoms with E-state index in [0.29, 0.717) is 5.89 Å². The van der Waals surface area contributed by atoms with Crippen LogP contribution in [0.1, 0.15) is 17.0 Å². The second-order valence-electron chi connectivity index (χ2n) is 7.36. The van der Waals surface area contributed by atoms with Crippen LogP contribution in [0, 0.1) is 20.8 Å². The van der Waals surface area contributed by atoms with Crippen LogP contribution < -0.4 is 0 Å². The minimum atomic E-state index is 0.670. The summed E-state index contributed by atoms with van der Waals surface area (Å²) in [5.74, 6) is 1.56. The zero-order valence-corrected chi connectivity index (χ0v) is 16.7. The normalized spacial score (nSPS) is 11.3. The van der Waals surface area contributed by atoms with Gasteiger partial charge in [0.05, 0.1) is 5.69 Å². The number of aryl methyl sites for hydroxylation is 3. The topological polar surface area (TPSA) is 43.9 Å². The number of hydrogen-bond donors (Lipinski definition) is 0. The molecular weight excluding hydrogens is 358 g/mol. The minimum absolute atomic E-state index is 0.670. The molecule has 3 aromatic carbocycles. The molecule has 0 unspecified atom stereocenters. The second-order valence-corrected chi connectivity index (χ2v) is 7.36. The van der Waals surface area contributed by atoms with Crippen LogP contribution in [0.5, 0.6) is 0 Å². The molecular formula is C25H21N3O. The summed E-state index contributed by atoms with van der Waals surface area (Å²) >= 11 is 0. The van der Waals surface area contributed by atoms with E-state index < -0.39 is 0 Å². The summed E-state index contributed by atoms with van der Waals surface area (Å²) in [6.45, 7) is 6.17. The molecule has 0 bridgehead atoms. The minimum Gasteiger partial charge on any atom is -0.441 e. The zero-order valence-electron chi connectivity index (χ0n) is 16.7. The highest BCUT2D eigenvalue weighted by Crippen LogP contribution is 2.31. The van der Waals surface area contributed by atoms with Gasteiger partial charge >= 0.3 is 0 Å². The molecule has 0 saturated carbocycles. The zero-order chi connectivity index (χ0) is 20.0. The maximum atomic E-state index is 5.72. The molecule has 5 rings (SSSR count). The van der Waals surface area contributed by atoms with E-state index in [1.807, 2.05) is 43.6 Å². The van der Waals surface area contributed by atoms with Crippen molar-refractivity contribution in [2.45, 2.75) is 20.8 Å². The highest BCUT2D eigenvalue weighted by Gasteiger charge is 2.15. The Kier molecular flexibility index (Phi) is 4.06. The maximum Gasteiger partial charge on any atom is 0.192 e. The Morgan fingerprint density at radius 3 is 2.31 bits per heavy atom. The molecule has 0 radical (unpaired) electrons. The Hall–Kier alpha value is -3.66. The average Bonchev–Trinajstić information content (AvgIpc) is 3.33. The van der Waals surface area contributed by atoms with E-state index in [2.05, 4.69) is 64.8 Å². The Balaban J connectivity index is 1.63. The van der Waals surface area contributed by atoms with Gasteiger partial charge in [-0.05, 0) is 66.4 Å². The average molecular weight is 379 g/mol. The quantitative estimate of drug-likeness (QED) is 0.371. The van der Waals surface area contributed by atoms with Crippen LogP contribution >= 0.6 is 0 Å². The van der Waals surface area contributed by atoms with E-state index >= 15 is 0 Å². The molecule has 142 valence electrons. The van der Waals surface area contributed by atoms with Crippen LogP contribution in [-0.2, 0) is 0 Å². The van der Waals surface area contributed by atoms with Gasteiger partial charge in [-0.1, -0.05) is 30.3 Å². The third kappa shape index (κ3) is 3.03. The monoisotopic (exact) mass is 379 g/mol. The fourth-order valence-corrected chi connectivity index (χ4v) is 4.01. The lowest BCUT2D eigenvalue weighted by atomic mass is 9.98. The number of rotatable bonds is 3. The van der Waals surface area contributed by atoms with Gasteiger partial charge in [0.15, 0.2) is 11.5 Å².